The van der Waals surface area contributed by atoms with Crippen molar-refractivity contribution in [3.8, 4) is 0 Å². The summed E-state index contributed by atoms with van der Waals surface area (Å²) in [6.07, 6.45) is 3.80. The third-order valence-electron chi connectivity index (χ3n) is 3.95. The van der Waals surface area contributed by atoms with Crippen LogP contribution in [0.25, 0.3) is 11.0 Å². The zero-order valence-electron chi connectivity index (χ0n) is 11.6. The van der Waals surface area contributed by atoms with Crippen LogP contribution in [0.4, 0.5) is 5.69 Å². The van der Waals surface area contributed by atoms with Crippen molar-refractivity contribution in [2.45, 2.75) is 38.6 Å². The zero-order valence-corrected chi connectivity index (χ0v) is 11.6. The van der Waals surface area contributed by atoms with Crippen molar-refractivity contribution in [2.24, 2.45) is 11.7 Å². The molecule has 1 fully saturated rings. The molecule has 0 spiro atoms. The van der Waals surface area contributed by atoms with Crippen molar-refractivity contribution in [3.05, 3.63) is 24.0 Å². The van der Waals surface area contributed by atoms with Crippen LogP contribution >= 0.6 is 0 Å². The number of aryl methyl sites for hydroxylation is 1. The first-order valence-electron chi connectivity index (χ1n) is 7.14. The molecular weight excluding hydrogens is 252 g/mol. The molecule has 1 heterocycles. The molecule has 1 aliphatic rings. The third-order valence-corrected chi connectivity index (χ3v) is 3.95. The summed E-state index contributed by atoms with van der Waals surface area (Å²) in [6, 6.07) is 5.90. The Balaban J connectivity index is 1.73. The molecule has 2 unspecified atom stereocenters. The highest BCUT2D eigenvalue weighted by Crippen LogP contribution is 2.25. The number of rotatable bonds is 2. The minimum atomic E-state index is 0.0398. The minimum absolute atomic E-state index is 0.0398. The SMILES string of the molecule is Cc1nc2ccc(NC(=O)C3CCCC(N)C3)cc2[nH]1. The largest absolute Gasteiger partial charge is 0.342 e. The topological polar surface area (TPSA) is 83.8 Å². The monoisotopic (exact) mass is 272 g/mol. The van der Waals surface area contributed by atoms with Gasteiger partial charge in [0.1, 0.15) is 5.82 Å². The number of anilines is 1. The summed E-state index contributed by atoms with van der Waals surface area (Å²) in [5.74, 6) is 0.996. The highest BCUT2D eigenvalue weighted by atomic mass is 16.1. The zero-order chi connectivity index (χ0) is 14.1. The van der Waals surface area contributed by atoms with Crippen LogP contribution in [0.15, 0.2) is 18.2 Å². The average molecular weight is 272 g/mol. The van der Waals surface area contributed by atoms with Gasteiger partial charge in [0.2, 0.25) is 5.91 Å². The van der Waals surface area contributed by atoms with E-state index in [1.165, 1.54) is 0 Å². The normalized spacial score (nSPS) is 22.9. The lowest BCUT2D eigenvalue weighted by atomic mass is 9.85. The number of nitrogens with one attached hydrogen (secondary N) is 2. The van der Waals surface area contributed by atoms with E-state index < -0.39 is 0 Å². The number of hydrogen-bond acceptors (Lipinski definition) is 3. The van der Waals surface area contributed by atoms with Crippen LogP contribution < -0.4 is 11.1 Å². The molecule has 1 saturated carbocycles. The van der Waals surface area contributed by atoms with Crippen LogP contribution in [-0.2, 0) is 4.79 Å². The number of aromatic nitrogens is 2. The second-order valence-electron chi connectivity index (χ2n) is 5.67. The van der Waals surface area contributed by atoms with Crippen molar-refractivity contribution < 1.29 is 4.79 Å². The van der Waals surface area contributed by atoms with Crippen molar-refractivity contribution in [1.29, 1.82) is 0 Å². The standard InChI is InChI=1S/C15H20N4O/c1-9-17-13-6-5-12(8-14(13)18-9)19-15(20)10-3-2-4-11(16)7-10/h5-6,8,10-11H,2-4,7,16H2,1H3,(H,17,18)(H,19,20). The van der Waals surface area contributed by atoms with Gasteiger partial charge in [0.25, 0.3) is 0 Å². The first-order valence-corrected chi connectivity index (χ1v) is 7.14. The number of H-pyrrole nitrogens is 1. The maximum absolute atomic E-state index is 12.3. The molecule has 0 saturated heterocycles. The lowest BCUT2D eigenvalue weighted by Gasteiger charge is -2.25. The van der Waals surface area contributed by atoms with E-state index in [1.807, 2.05) is 25.1 Å². The molecule has 0 aliphatic heterocycles. The molecule has 4 N–H and O–H groups in total. The van der Waals surface area contributed by atoms with Gasteiger partial charge in [-0.3, -0.25) is 4.79 Å². The Morgan fingerprint density at radius 1 is 1.45 bits per heavy atom. The number of fused-ring (bicyclic) bond motifs is 1. The molecule has 1 aliphatic carbocycles. The molecule has 5 nitrogen and oxygen atoms in total. The summed E-state index contributed by atoms with van der Waals surface area (Å²) < 4.78 is 0. The van der Waals surface area contributed by atoms with Gasteiger partial charge in [-0.25, -0.2) is 4.98 Å². The van der Waals surface area contributed by atoms with E-state index in [4.69, 9.17) is 5.73 Å². The van der Waals surface area contributed by atoms with Gasteiger partial charge in [0.05, 0.1) is 11.0 Å². The minimum Gasteiger partial charge on any atom is -0.342 e. The molecule has 1 amide bonds. The van der Waals surface area contributed by atoms with E-state index in [1.54, 1.807) is 0 Å². The fourth-order valence-corrected chi connectivity index (χ4v) is 2.92. The number of amides is 1. The van der Waals surface area contributed by atoms with Crippen LogP contribution in [0.2, 0.25) is 0 Å². The first-order chi connectivity index (χ1) is 9.61. The van der Waals surface area contributed by atoms with Gasteiger partial charge in [-0.05, 0) is 44.4 Å². The van der Waals surface area contributed by atoms with Crippen molar-refractivity contribution in [2.75, 3.05) is 5.32 Å². The molecule has 2 atom stereocenters. The number of aromatic amines is 1. The first kappa shape index (κ1) is 13.1. The smallest absolute Gasteiger partial charge is 0.227 e. The maximum atomic E-state index is 12.3. The van der Waals surface area contributed by atoms with Crippen molar-refractivity contribution in [1.82, 2.24) is 9.97 Å². The predicted octanol–water partition coefficient (Wildman–Crippen LogP) is 2.33. The number of imidazole rings is 1. The lowest BCUT2D eigenvalue weighted by molar-refractivity contribution is -0.120. The second-order valence-corrected chi connectivity index (χ2v) is 5.67. The Labute approximate surface area is 118 Å². The van der Waals surface area contributed by atoms with Crippen molar-refractivity contribution in [3.63, 3.8) is 0 Å². The van der Waals surface area contributed by atoms with Gasteiger partial charge in [0, 0.05) is 17.6 Å². The Morgan fingerprint density at radius 3 is 3.10 bits per heavy atom. The molecular formula is C15H20N4O. The van der Waals surface area contributed by atoms with Crippen LogP contribution in [0.5, 0.6) is 0 Å². The van der Waals surface area contributed by atoms with Gasteiger partial charge in [-0.2, -0.15) is 0 Å². The molecule has 3 rings (SSSR count). The van der Waals surface area contributed by atoms with Crippen LogP contribution in [-0.4, -0.2) is 21.9 Å². The predicted molar refractivity (Wildman–Crippen MR) is 79.4 cm³/mol. The Kier molecular flexibility index (Phi) is 3.44. The maximum Gasteiger partial charge on any atom is 0.227 e. The number of carbonyl (C=O) groups excluding carboxylic acids is 1. The van der Waals surface area contributed by atoms with Crippen LogP contribution in [0, 0.1) is 12.8 Å². The average Bonchev–Trinajstić information content (AvgIpc) is 2.78. The van der Waals surface area contributed by atoms with Gasteiger partial charge in [-0.1, -0.05) is 6.42 Å². The van der Waals surface area contributed by atoms with Gasteiger partial charge >= 0.3 is 0 Å². The van der Waals surface area contributed by atoms with Gasteiger partial charge in [-0.15, -0.1) is 0 Å². The summed E-state index contributed by atoms with van der Waals surface area (Å²) in [5.41, 5.74) is 8.61. The molecule has 2 aromatic rings. The van der Waals surface area contributed by atoms with Gasteiger partial charge < -0.3 is 16.0 Å². The molecule has 0 radical (unpaired) electrons. The molecule has 5 heteroatoms. The van der Waals surface area contributed by atoms with E-state index in [0.717, 1.165) is 48.2 Å². The molecule has 20 heavy (non-hydrogen) atoms. The number of hydrogen-bond donors (Lipinski definition) is 3. The van der Waals surface area contributed by atoms with E-state index in [0.29, 0.717) is 0 Å². The number of nitrogens with zero attached hydrogens (tertiary/aromatic N) is 1. The third kappa shape index (κ3) is 2.67. The van der Waals surface area contributed by atoms with E-state index in [2.05, 4.69) is 15.3 Å². The van der Waals surface area contributed by atoms with Crippen molar-refractivity contribution >= 4 is 22.6 Å². The summed E-state index contributed by atoms with van der Waals surface area (Å²) in [6.45, 7) is 1.92. The van der Waals surface area contributed by atoms with E-state index in [-0.39, 0.29) is 17.9 Å². The fourth-order valence-electron chi connectivity index (χ4n) is 2.92. The Bertz CT molecular complexity index is 634. The van der Waals surface area contributed by atoms with E-state index in [9.17, 15) is 4.79 Å². The lowest BCUT2D eigenvalue weighted by Crippen LogP contribution is -2.34. The number of nitrogens with two attached hydrogens (primary N) is 1. The summed E-state index contributed by atoms with van der Waals surface area (Å²) in [5, 5.41) is 2.99. The molecule has 1 aromatic heterocycles. The molecule has 106 valence electrons. The second kappa shape index (κ2) is 5.25. The number of carbonyl (C=O) groups is 1. The molecule has 0 bridgehead atoms. The highest BCUT2D eigenvalue weighted by molar-refractivity contribution is 5.94. The Morgan fingerprint density at radius 2 is 2.30 bits per heavy atom. The van der Waals surface area contributed by atoms with Crippen LogP contribution in [0.1, 0.15) is 31.5 Å². The van der Waals surface area contributed by atoms with Crippen LogP contribution in [0.3, 0.4) is 0 Å². The Hall–Kier alpha value is -1.88. The number of benzene rings is 1. The molecule has 1 aromatic carbocycles. The quantitative estimate of drug-likeness (QED) is 0.784. The summed E-state index contributed by atoms with van der Waals surface area (Å²) >= 11 is 0. The fraction of sp³-hybridized carbons (Fsp3) is 0.467. The summed E-state index contributed by atoms with van der Waals surface area (Å²) in [4.78, 5) is 19.8. The van der Waals surface area contributed by atoms with Gasteiger partial charge in [0.15, 0.2) is 0 Å². The summed E-state index contributed by atoms with van der Waals surface area (Å²) in [7, 11) is 0. The van der Waals surface area contributed by atoms with E-state index >= 15 is 0 Å². The highest BCUT2D eigenvalue weighted by Gasteiger charge is 2.25.